The summed E-state index contributed by atoms with van der Waals surface area (Å²) >= 11 is 2.56. The molecule has 0 rings (SSSR count). The Kier molecular flexibility index (Phi) is 4.13. The zero-order chi connectivity index (χ0) is 9.89. The normalized spacial score (nSPS) is 9.00. The second-order valence-electron chi connectivity index (χ2n) is 2.73. The van der Waals surface area contributed by atoms with E-state index in [-0.39, 0.29) is 0 Å². The number of carbonyl (C=O) groups excluding carboxylic acids is 2. The van der Waals surface area contributed by atoms with Gasteiger partial charge in [0.2, 0.25) is 0 Å². The van der Waals surface area contributed by atoms with Crippen molar-refractivity contribution >= 4 is 31.8 Å². The molecule has 0 aromatic heterocycles. The van der Waals surface area contributed by atoms with Crippen molar-refractivity contribution in [2.45, 2.75) is 0 Å². The van der Waals surface area contributed by atoms with Crippen molar-refractivity contribution in [1.29, 1.82) is 0 Å². The van der Waals surface area contributed by atoms with Crippen LogP contribution in [0.3, 0.4) is 0 Å². The second kappa shape index (κ2) is 4.38. The maximum atomic E-state index is 11.2. The molecular weight excluding hydrogens is 223 g/mol. The van der Waals surface area contributed by atoms with Gasteiger partial charge in [-0.3, -0.25) is 0 Å². The van der Waals surface area contributed by atoms with E-state index < -0.39 is 11.7 Å². The van der Waals surface area contributed by atoms with E-state index in [1.165, 1.54) is 4.90 Å². The molecule has 0 atom stereocenters. The molecule has 0 unspecified atom stereocenters. The number of Topliss-reactive ketones (excluding diaryl/α,β-unsaturated/α-hetero) is 1. The van der Waals surface area contributed by atoms with Gasteiger partial charge in [-0.2, -0.15) is 0 Å². The average molecular weight is 235 g/mol. The molecule has 0 heterocycles. The quantitative estimate of drug-likeness (QED) is 0.442. The first-order valence-corrected chi connectivity index (χ1v) is 4.20. The van der Waals surface area contributed by atoms with Crippen molar-refractivity contribution in [3.05, 3.63) is 0 Å². The zero-order valence-electron chi connectivity index (χ0n) is 7.62. The summed E-state index contributed by atoms with van der Waals surface area (Å²) in [6.45, 7) is 0. The van der Waals surface area contributed by atoms with Crippen molar-refractivity contribution in [3.63, 3.8) is 0 Å². The standard InChI is InChI=1S/C7H12N2O2Se/c1-8(2)6(11)5(10)7(12)9(3)4/h1-4H3. The van der Waals surface area contributed by atoms with E-state index in [1.807, 2.05) is 0 Å². The Hall–Kier alpha value is -0.671. The van der Waals surface area contributed by atoms with Crippen LogP contribution < -0.4 is 0 Å². The SMILES string of the molecule is CN(C)C(=O)C(=O)C(=[Se])N(C)C. The average Bonchev–Trinajstić information content (AvgIpc) is 2.00. The topological polar surface area (TPSA) is 40.6 Å². The number of rotatable bonds is 3. The summed E-state index contributed by atoms with van der Waals surface area (Å²) in [6.07, 6.45) is 0. The molecule has 0 aliphatic heterocycles. The van der Waals surface area contributed by atoms with E-state index in [2.05, 4.69) is 15.6 Å². The molecule has 12 heavy (non-hydrogen) atoms. The summed E-state index contributed by atoms with van der Waals surface area (Å²) in [6, 6.07) is 0. The van der Waals surface area contributed by atoms with Crippen LogP contribution in [-0.2, 0) is 9.59 Å². The molecule has 0 bridgehead atoms. The van der Waals surface area contributed by atoms with E-state index in [9.17, 15) is 9.59 Å². The molecular formula is C7H12N2O2Se. The third-order valence-corrected chi connectivity index (χ3v) is 2.36. The number of ketones is 1. The fourth-order valence-corrected chi connectivity index (χ4v) is 0.681. The van der Waals surface area contributed by atoms with E-state index >= 15 is 0 Å². The summed E-state index contributed by atoms with van der Waals surface area (Å²) < 4.78 is 0.328. The summed E-state index contributed by atoms with van der Waals surface area (Å²) in [5.41, 5.74) is 0. The fraction of sp³-hybridized carbons (Fsp3) is 0.571. The molecule has 0 N–H and O–H groups in total. The van der Waals surface area contributed by atoms with Gasteiger partial charge < -0.3 is 0 Å². The van der Waals surface area contributed by atoms with Gasteiger partial charge in [0.25, 0.3) is 0 Å². The van der Waals surface area contributed by atoms with Crippen molar-refractivity contribution in [3.8, 4) is 0 Å². The van der Waals surface area contributed by atoms with E-state index in [4.69, 9.17) is 0 Å². The Labute approximate surface area is 79.9 Å². The molecule has 4 nitrogen and oxygen atoms in total. The molecule has 0 radical (unpaired) electrons. The molecule has 5 heteroatoms. The van der Waals surface area contributed by atoms with E-state index in [0.717, 1.165) is 0 Å². The van der Waals surface area contributed by atoms with Crippen molar-refractivity contribution in [2.75, 3.05) is 28.2 Å². The summed E-state index contributed by atoms with van der Waals surface area (Å²) in [5, 5.41) is 0. The van der Waals surface area contributed by atoms with Crippen LogP contribution in [0.2, 0.25) is 0 Å². The van der Waals surface area contributed by atoms with Gasteiger partial charge in [-0.05, 0) is 0 Å². The van der Waals surface area contributed by atoms with Gasteiger partial charge in [0, 0.05) is 0 Å². The van der Waals surface area contributed by atoms with E-state index in [1.54, 1.807) is 33.1 Å². The fourth-order valence-electron chi connectivity index (χ4n) is 0.498. The van der Waals surface area contributed by atoms with Gasteiger partial charge in [0.1, 0.15) is 0 Å². The maximum absolute atomic E-state index is 11.2. The van der Waals surface area contributed by atoms with Gasteiger partial charge in [0.05, 0.1) is 0 Å². The number of carbonyl (C=O) groups is 2. The van der Waals surface area contributed by atoms with Crippen LogP contribution in [0.25, 0.3) is 0 Å². The molecule has 0 saturated carbocycles. The third-order valence-electron chi connectivity index (χ3n) is 1.20. The van der Waals surface area contributed by atoms with Crippen LogP contribution in [0.15, 0.2) is 0 Å². The Morgan fingerprint density at radius 1 is 1.00 bits per heavy atom. The van der Waals surface area contributed by atoms with Crippen LogP contribution >= 0.6 is 0 Å². The van der Waals surface area contributed by atoms with Gasteiger partial charge in [0.15, 0.2) is 0 Å². The predicted molar refractivity (Wildman–Crippen MR) is 48.1 cm³/mol. The van der Waals surface area contributed by atoms with Gasteiger partial charge in [-0.1, -0.05) is 0 Å². The zero-order valence-corrected chi connectivity index (χ0v) is 9.33. The number of nitrogens with zero attached hydrogens (tertiary/aromatic N) is 2. The van der Waals surface area contributed by atoms with E-state index in [0.29, 0.717) is 4.54 Å². The summed E-state index contributed by atoms with van der Waals surface area (Å²) in [5.74, 6) is -1.03. The minimum atomic E-state index is -0.516. The molecule has 68 valence electrons. The monoisotopic (exact) mass is 236 g/mol. The number of amides is 1. The van der Waals surface area contributed by atoms with Crippen LogP contribution in [0.5, 0.6) is 0 Å². The van der Waals surface area contributed by atoms with Crippen molar-refractivity contribution in [1.82, 2.24) is 9.80 Å². The molecule has 0 aliphatic carbocycles. The van der Waals surface area contributed by atoms with Gasteiger partial charge in [-0.25, -0.2) is 0 Å². The van der Waals surface area contributed by atoms with Crippen molar-refractivity contribution in [2.24, 2.45) is 0 Å². The number of hydrogen-bond acceptors (Lipinski definition) is 3. The minimum absolute atomic E-state index is 0.328. The first kappa shape index (κ1) is 11.3. The third kappa shape index (κ3) is 2.75. The molecule has 0 fully saturated rings. The second-order valence-corrected chi connectivity index (χ2v) is 3.54. The van der Waals surface area contributed by atoms with Crippen LogP contribution in [0, 0.1) is 0 Å². The molecule has 0 aromatic rings. The Morgan fingerprint density at radius 2 is 1.42 bits per heavy atom. The Balaban J connectivity index is 4.41. The number of hydrogen-bond donors (Lipinski definition) is 0. The van der Waals surface area contributed by atoms with Crippen LogP contribution in [-0.4, -0.2) is 69.8 Å². The predicted octanol–water partition coefficient (Wildman–Crippen LogP) is -1.50. The summed E-state index contributed by atoms with van der Waals surface area (Å²) in [7, 11) is 6.49. The molecule has 0 saturated heterocycles. The first-order valence-electron chi connectivity index (χ1n) is 3.35. The van der Waals surface area contributed by atoms with Gasteiger partial charge >= 0.3 is 79.4 Å². The van der Waals surface area contributed by atoms with Gasteiger partial charge in [-0.15, -0.1) is 0 Å². The molecule has 0 spiro atoms. The summed E-state index contributed by atoms with van der Waals surface area (Å²) in [4.78, 5) is 25.1. The Bertz CT molecular complexity index is 201. The molecule has 1 amide bonds. The van der Waals surface area contributed by atoms with Crippen LogP contribution in [0.4, 0.5) is 0 Å². The van der Waals surface area contributed by atoms with Crippen molar-refractivity contribution < 1.29 is 9.59 Å². The number of likely N-dealkylation sites (N-methyl/N-ethyl adjacent to an activating group) is 2. The molecule has 0 aromatic carbocycles. The van der Waals surface area contributed by atoms with Crippen LogP contribution in [0.1, 0.15) is 0 Å². The Morgan fingerprint density at radius 3 is 1.67 bits per heavy atom. The molecule has 0 aliphatic rings. The first-order chi connectivity index (χ1) is 5.37.